The molecular formula is C17H20N2O2. The van der Waals surface area contributed by atoms with Gasteiger partial charge in [-0.25, -0.2) is 0 Å². The molecule has 2 aromatic rings. The standard InChI is InChI=1S/C17H20N2O2/c1-2-15(13-8-10-18-11-9-13)19-17(21)12-16(20)14-6-4-3-5-7-14/h3-11,15-16,20H,2,12H2,1H3,(H,19,21). The molecule has 1 aromatic carbocycles. The molecule has 21 heavy (non-hydrogen) atoms. The maximum atomic E-state index is 12.1. The van der Waals surface area contributed by atoms with E-state index in [2.05, 4.69) is 10.3 Å². The van der Waals surface area contributed by atoms with Gasteiger partial charge in [0.2, 0.25) is 5.91 Å². The second kappa shape index (κ2) is 7.55. The first-order chi connectivity index (χ1) is 10.2. The van der Waals surface area contributed by atoms with E-state index in [1.807, 2.05) is 49.4 Å². The van der Waals surface area contributed by atoms with Crippen LogP contribution in [0.15, 0.2) is 54.9 Å². The summed E-state index contributed by atoms with van der Waals surface area (Å²) in [6.45, 7) is 2.01. The van der Waals surface area contributed by atoms with Crippen molar-refractivity contribution in [2.24, 2.45) is 0 Å². The van der Waals surface area contributed by atoms with Gasteiger partial charge in [0.05, 0.1) is 18.6 Å². The van der Waals surface area contributed by atoms with E-state index >= 15 is 0 Å². The first-order valence-electron chi connectivity index (χ1n) is 7.13. The summed E-state index contributed by atoms with van der Waals surface area (Å²) in [7, 11) is 0. The van der Waals surface area contributed by atoms with Crippen LogP contribution in [0.2, 0.25) is 0 Å². The van der Waals surface area contributed by atoms with Gasteiger partial charge in [-0.2, -0.15) is 0 Å². The number of amides is 1. The van der Waals surface area contributed by atoms with Crippen LogP contribution in [-0.4, -0.2) is 16.0 Å². The molecule has 1 amide bonds. The van der Waals surface area contributed by atoms with Gasteiger partial charge in [0.15, 0.2) is 0 Å². The van der Waals surface area contributed by atoms with Crippen molar-refractivity contribution in [1.82, 2.24) is 10.3 Å². The van der Waals surface area contributed by atoms with E-state index in [-0.39, 0.29) is 18.4 Å². The highest BCUT2D eigenvalue weighted by Crippen LogP contribution is 2.19. The number of carbonyl (C=O) groups excluding carboxylic acids is 1. The summed E-state index contributed by atoms with van der Waals surface area (Å²) in [5, 5.41) is 13.0. The SMILES string of the molecule is CCC(NC(=O)CC(O)c1ccccc1)c1ccncc1. The monoisotopic (exact) mass is 284 g/mol. The van der Waals surface area contributed by atoms with Crippen LogP contribution in [-0.2, 0) is 4.79 Å². The minimum absolute atomic E-state index is 0.0523. The smallest absolute Gasteiger partial charge is 0.223 e. The highest BCUT2D eigenvalue weighted by Gasteiger charge is 2.16. The Kier molecular flexibility index (Phi) is 5.46. The Morgan fingerprint density at radius 1 is 1.14 bits per heavy atom. The lowest BCUT2D eigenvalue weighted by Gasteiger charge is -2.18. The van der Waals surface area contributed by atoms with Crippen LogP contribution in [0.25, 0.3) is 0 Å². The molecule has 0 saturated carbocycles. The zero-order chi connectivity index (χ0) is 15.1. The number of aliphatic hydroxyl groups excluding tert-OH is 1. The van der Waals surface area contributed by atoms with E-state index in [1.54, 1.807) is 12.4 Å². The molecule has 0 aliphatic carbocycles. The second-order valence-electron chi connectivity index (χ2n) is 4.94. The number of benzene rings is 1. The molecule has 0 aliphatic heterocycles. The Bertz CT molecular complexity index is 558. The number of rotatable bonds is 6. The van der Waals surface area contributed by atoms with Crippen LogP contribution < -0.4 is 5.32 Å². The van der Waals surface area contributed by atoms with E-state index in [4.69, 9.17) is 0 Å². The van der Waals surface area contributed by atoms with E-state index in [0.29, 0.717) is 0 Å². The van der Waals surface area contributed by atoms with E-state index in [1.165, 1.54) is 0 Å². The fraction of sp³-hybridized carbons (Fsp3) is 0.294. The Labute approximate surface area is 124 Å². The number of aliphatic hydroxyl groups is 1. The van der Waals surface area contributed by atoms with Gasteiger partial charge in [-0.15, -0.1) is 0 Å². The first-order valence-corrected chi connectivity index (χ1v) is 7.13. The van der Waals surface area contributed by atoms with Crippen LogP contribution in [0.1, 0.15) is 43.0 Å². The van der Waals surface area contributed by atoms with Gasteiger partial charge in [0.1, 0.15) is 0 Å². The van der Waals surface area contributed by atoms with E-state index in [0.717, 1.165) is 17.5 Å². The molecule has 1 aromatic heterocycles. The molecule has 0 radical (unpaired) electrons. The van der Waals surface area contributed by atoms with Crippen molar-refractivity contribution in [3.8, 4) is 0 Å². The number of pyridine rings is 1. The number of nitrogens with one attached hydrogen (secondary N) is 1. The molecule has 2 unspecified atom stereocenters. The van der Waals surface area contributed by atoms with Crippen LogP contribution in [0.4, 0.5) is 0 Å². The number of hydrogen-bond donors (Lipinski definition) is 2. The van der Waals surface area contributed by atoms with Crippen LogP contribution >= 0.6 is 0 Å². The summed E-state index contributed by atoms with van der Waals surface area (Å²) in [6, 6.07) is 12.9. The molecule has 0 fully saturated rings. The lowest BCUT2D eigenvalue weighted by molar-refractivity contribution is -0.123. The average molecular weight is 284 g/mol. The van der Waals surface area contributed by atoms with E-state index < -0.39 is 6.10 Å². The summed E-state index contributed by atoms with van der Waals surface area (Å²) in [5.74, 6) is -0.157. The van der Waals surface area contributed by atoms with Gasteiger partial charge in [0, 0.05) is 12.4 Å². The highest BCUT2D eigenvalue weighted by atomic mass is 16.3. The molecule has 0 bridgehead atoms. The fourth-order valence-corrected chi connectivity index (χ4v) is 2.24. The quantitative estimate of drug-likeness (QED) is 0.857. The summed E-state index contributed by atoms with van der Waals surface area (Å²) in [6.07, 6.45) is 3.50. The molecule has 0 spiro atoms. The average Bonchev–Trinajstić information content (AvgIpc) is 2.54. The van der Waals surface area contributed by atoms with Gasteiger partial charge >= 0.3 is 0 Å². The van der Waals surface area contributed by atoms with Crippen molar-refractivity contribution in [2.45, 2.75) is 31.9 Å². The topological polar surface area (TPSA) is 62.2 Å². The van der Waals surface area contributed by atoms with E-state index in [9.17, 15) is 9.90 Å². The fourth-order valence-electron chi connectivity index (χ4n) is 2.24. The van der Waals surface area contributed by atoms with Crippen molar-refractivity contribution < 1.29 is 9.90 Å². The zero-order valence-electron chi connectivity index (χ0n) is 12.1. The van der Waals surface area contributed by atoms with Crippen molar-refractivity contribution in [1.29, 1.82) is 0 Å². The molecule has 0 saturated heterocycles. The van der Waals surface area contributed by atoms with Gasteiger partial charge in [-0.05, 0) is 29.7 Å². The molecule has 4 heteroatoms. The van der Waals surface area contributed by atoms with Gasteiger partial charge in [0.25, 0.3) is 0 Å². The Balaban J connectivity index is 1.94. The van der Waals surface area contributed by atoms with Crippen LogP contribution in [0.5, 0.6) is 0 Å². The predicted molar refractivity (Wildman–Crippen MR) is 81.4 cm³/mol. The highest BCUT2D eigenvalue weighted by molar-refractivity contribution is 5.77. The molecular weight excluding hydrogens is 264 g/mol. The van der Waals surface area contributed by atoms with Gasteiger partial charge in [-0.3, -0.25) is 9.78 Å². The van der Waals surface area contributed by atoms with Crippen molar-refractivity contribution in [3.63, 3.8) is 0 Å². The summed E-state index contributed by atoms with van der Waals surface area (Å²) < 4.78 is 0. The number of carbonyl (C=O) groups is 1. The zero-order valence-corrected chi connectivity index (χ0v) is 12.1. The first kappa shape index (κ1) is 15.2. The third-order valence-corrected chi connectivity index (χ3v) is 3.42. The van der Waals surface area contributed by atoms with Gasteiger partial charge < -0.3 is 10.4 Å². The summed E-state index contributed by atoms with van der Waals surface area (Å²) in [5.41, 5.74) is 1.78. The lowest BCUT2D eigenvalue weighted by atomic mass is 10.0. The van der Waals surface area contributed by atoms with Crippen LogP contribution in [0.3, 0.4) is 0 Å². The Hall–Kier alpha value is -2.20. The van der Waals surface area contributed by atoms with Crippen molar-refractivity contribution in [2.75, 3.05) is 0 Å². The molecule has 2 N–H and O–H groups in total. The van der Waals surface area contributed by atoms with Crippen molar-refractivity contribution >= 4 is 5.91 Å². The Morgan fingerprint density at radius 3 is 2.43 bits per heavy atom. The maximum Gasteiger partial charge on any atom is 0.223 e. The molecule has 4 nitrogen and oxygen atoms in total. The number of hydrogen-bond acceptors (Lipinski definition) is 3. The normalized spacial score (nSPS) is 13.4. The summed E-state index contributed by atoms with van der Waals surface area (Å²) in [4.78, 5) is 16.1. The minimum Gasteiger partial charge on any atom is -0.388 e. The third-order valence-electron chi connectivity index (χ3n) is 3.42. The molecule has 0 aliphatic rings. The number of nitrogens with zero attached hydrogens (tertiary/aromatic N) is 1. The predicted octanol–water partition coefficient (Wildman–Crippen LogP) is 2.77. The minimum atomic E-state index is -0.777. The van der Waals surface area contributed by atoms with Gasteiger partial charge in [-0.1, -0.05) is 37.3 Å². The Morgan fingerprint density at radius 2 is 1.81 bits per heavy atom. The molecule has 110 valence electrons. The van der Waals surface area contributed by atoms with Crippen molar-refractivity contribution in [3.05, 3.63) is 66.0 Å². The second-order valence-corrected chi connectivity index (χ2v) is 4.94. The molecule has 2 rings (SSSR count). The molecule has 1 heterocycles. The summed E-state index contributed by atoms with van der Waals surface area (Å²) >= 11 is 0. The maximum absolute atomic E-state index is 12.1. The largest absolute Gasteiger partial charge is 0.388 e. The number of aromatic nitrogens is 1. The lowest BCUT2D eigenvalue weighted by Crippen LogP contribution is -2.29. The third kappa shape index (κ3) is 4.39. The molecule has 2 atom stereocenters. The van der Waals surface area contributed by atoms with Crippen LogP contribution in [0, 0.1) is 0 Å².